The number of nitrogens with zero attached hydrogens (tertiary/aromatic N) is 3. The molecule has 16 heteroatoms. The van der Waals surface area contributed by atoms with Gasteiger partial charge in [-0.05, 0) is 89.4 Å². The Labute approximate surface area is 287 Å². The number of aromatic nitrogens is 1. The zero-order valence-corrected chi connectivity index (χ0v) is 30.2. The van der Waals surface area contributed by atoms with Gasteiger partial charge in [0.05, 0.1) is 35.3 Å². The number of rotatable bonds is 9. The number of halogens is 1. The van der Waals surface area contributed by atoms with E-state index in [9.17, 15) is 31.1 Å². The standard InChI is InChI=1S/C33H45FN4O9S2/c1-21-18-38(22(2)20-39)33(40)29-17-27(36-48(41,42)28-13-10-26(34)11-14-28)12-15-30(29)46-23(3)9-7-8-16-45-31(21)19-37(6)49(43,44)32-24(4)35-47-25(32)5/h10-15,17,21-23,31,36,39H,7-9,16,18-20H2,1-6H3/t21-,22-,23-,31+/m0/s1. The Hall–Kier alpha value is -3.57. The molecule has 0 saturated heterocycles. The molecule has 0 saturated carbocycles. The number of ether oxygens (including phenoxy) is 2. The van der Waals surface area contributed by atoms with Gasteiger partial charge in [0.15, 0.2) is 5.76 Å². The molecule has 1 amide bonds. The van der Waals surface area contributed by atoms with E-state index in [4.69, 9.17) is 14.0 Å². The summed E-state index contributed by atoms with van der Waals surface area (Å²) in [6.45, 7) is 8.44. The lowest BCUT2D eigenvalue weighted by Gasteiger charge is -2.35. The fourth-order valence-electron chi connectivity index (χ4n) is 5.63. The Bertz CT molecular complexity index is 1800. The van der Waals surface area contributed by atoms with Crippen molar-refractivity contribution in [1.29, 1.82) is 0 Å². The van der Waals surface area contributed by atoms with Crippen molar-refractivity contribution in [1.82, 2.24) is 14.4 Å². The normalized spacial score (nSPS) is 20.7. The van der Waals surface area contributed by atoms with Crippen LogP contribution in [-0.4, -0.2) is 93.8 Å². The first-order chi connectivity index (χ1) is 23.0. The van der Waals surface area contributed by atoms with E-state index >= 15 is 0 Å². The lowest BCUT2D eigenvalue weighted by atomic mass is 10.0. The third-order valence-electron chi connectivity index (χ3n) is 8.50. The molecule has 4 rings (SSSR count). The summed E-state index contributed by atoms with van der Waals surface area (Å²) in [6.07, 6.45) is 1.05. The average molecular weight is 725 g/mol. The molecule has 0 aliphatic carbocycles. The molecule has 1 aliphatic heterocycles. The molecule has 2 aromatic carbocycles. The molecule has 49 heavy (non-hydrogen) atoms. The van der Waals surface area contributed by atoms with Crippen molar-refractivity contribution < 1.29 is 45.1 Å². The number of carbonyl (C=O) groups is 1. The molecule has 3 aromatic rings. The highest BCUT2D eigenvalue weighted by Crippen LogP contribution is 2.30. The minimum atomic E-state index is -4.13. The zero-order chi connectivity index (χ0) is 36.1. The van der Waals surface area contributed by atoms with E-state index in [1.54, 1.807) is 13.8 Å². The van der Waals surface area contributed by atoms with Gasteiger partial charge in [-0.25, -0.2) is 21.2 Å². The summed E-state index contributed by atoms with van der Waals surface area (Å²) < 4.78 is 88.0. The van der Waals surface area contributed by atoms with Crippen molar-refractivity contribution in [2.75, 3.05) is 38.1 Å². The molecule has 0 bridgehead atoms. The molecule has 270 valence electrons. The third-order valence-corrected chi connectivity index (χ3v) is 12.0. The van der Waals surface area contributed by atoms with E-state index in [0.717, 1.165) is 30.7 Å². The van der Waals surface area contributed by atoms with Crippen LogP contribution in [0.2, 0.25) is 0 Å². The lowest BCUT2D eigenvalue weighted by Crippen LogP contribution is -2.48. The number of carbonyl (C=O) groups excluding carboxylic acids is 1. The van der Waals surface area contributed by atoms with Crippen LogP contribution < -0.4 is 9.46 Å². The molecule has 2 N–H and O–H groups in total. The van der Waals surface area contributed by atoms with Crippen LogP contribution in [0.15, 0.2) is 56.8 Å². The number of nitrogens with one attached hydrogen (secondary N) is 1. The number of aliphatic hydroxyl groups excluding tert-OH is 1. The number of amides is 1. The summed E-state index contributed by atoms with van der Waals surface area (Å²) >= 11 is 0. The van der Waals surface area contributed by atoms with E-state index in [-0.39, 0.29) is 64.0 Å². The maximum atomic E-state index is 14.4. The number of aliphatic hydroxyl groups is 1. The molecule has 4 atom stereocenters. The molecule has 0 spiro atoms. The largest absolute Gasteiger partial charge is 0.490 e. The first-order valence-corrected chi connectivity index (χ1v) is 19.0. The topological polar surface area (TPSA) is 169 Å². The number of likely N-dealkylation sites (N-methyl/N-ethyl adjacent to an activating group) is 1. The predicted octanol–water partition coefficient (Wildman–Crippen LogP) is 4.35. The van der Waals surface area contributed by atoms with Crippen molar-refractivity contribution in [2.24, 2.45) is 5.92 Å². The van der Waals surface area contributed by atoms with Gasteiger partial charge in [-0.2, -0.15) is 4.31 Å². The van der Waals surface area contributed by atoms with Crippen molar-refractivity contribution in [2.45, 2.75) is 81.9 Å². The molecule has 0 radical (unpaired) electrons. The second-order valence-corrected chi connectivity index (χ2v) is 16.2. The summed E-state index contributed by atoms with van der Waals surface area (Å²) in [6, 6.07) is 8.02. The van der Waals surface area contributed by atoms with Gasteiger partial charge in [-0.15, -0.1) is 0 Å². The van der Waals surface area contributed by atoms with Gasteiger partial charge in [-0.3, -0.25) is 9.52 Å². The smallest absolute Gasteiger partial charge is 0.261 e. The Morgan fingerprint density at radius 3 is 2.43 bits per heavy atom. The van der Waals surface area contributed by atoms with Crippen LogP contribution in [0.25, 0.3) is 0 Å². The van der Waals surface area contributed by atoms with Gasteiger partial charge in [0, 0.05) is 38.3 Å². The van der Waals surface area contributed by atoms with Crippen LogP contribution in [0.4, 0.5) is 10.1 Å². The van der Waals surface area contributed by atoms with Gasteiger partial charge in [-0.1, -0.05) is 12.1 Å². The summed E-state index contributed by atoms with van der Waals surface area (Å²) in [5.41, 5.74) is 0.379. The maximum absolute atomic E-state index is 14.4. The van der Waals surface area contributed by atoms with Crippen molar-refractivity contribution in [3.8, 4) is 5.75 Å². The fraction of sp³-hybridized carbons (Fsp3) is 0.515. The summed E-state index contributed by atoms with van der Waals surface area (Å²) in [7, 11) is -6.67. The van der Waals surface area contributed by atoms with E-state index in [1.165, 1.54) is 41.4 Å². The first kappa shape index (κ1) is 38.2. The minimum absolute atomic E-state index is 0.00861. The lowest BCUT2D eigenvalue weighted by molar-refractivity contribution is -0.00835. The highest BCUT2D eigenvalue weighted by Gasteiger charge is 2.34. The molecular formula is C33H45FN4O9S2. The highest BCUT2D eigenvalue weighted by molar-refractivity contribution is 7.92. The van der Waals surface area contributed by atoms with Gasteiger partial charge in [0.1, 0.15) is 22.2 Å². The van der Waals surface area contributed by atoms with Crippen LogP contribution in [0, 0.1) is 25.6 Å². The van der Waals surface area contributed by atoms with Crippen LogP contribution in [0.5, 0.6) is 5.75 Å². The SMILES string of the molecule is Cc1noc(C)c1S(=O)(=O)N(C)C[C@H]1OCCCC[C@H](C)Oc2ccc(NS(=O)(=O)c3ccc(F)cc3)cc2C(=O)N([C@@H](C)CO)C[C@@H]1C. The third kappa shape index (κ3) is 9.16. The number of hydrogen-bond acceptors (Lipinski definition) is 10. The van der Waals surface area contributed by atoms with E-state index in [1.807, 2.05) is 13.8 Å². The first-order valence-electron chi connectivity index (χ1n) is 16.1. The van der Waals surface area contributed by atoms with Gasteiger partial charge in [0.25, 0.3) is 15.9 Å². The summed E-state index contributed by atoms with van der Waals surface area (Å²) in [5, 5.41) is 14.0. The Morgan fingerprint density at radius 1 is 1.10 bits per heavy atom. The number of aryl methyl sites for hydroxylation is 2. The second-order valence-electron chi connectivity index (χ2n) is 12.5. The predicted molar refractivity (Wildman–Crippen MR) is 180 cm³/mol. The molecular weight excluding hydrogens is 680 g/mol. The highest BCUT2D eigenvalue weighted by atomic mass is 32.2. The molecule has 0 unspecified atom stereocenters. The Balaban J connectivity index is 1.69. The monoisotopic (exact) mass is 724 g/mol. The molecule has 0 fully saturated rings. The van der Waals surface area contributed by atoms with Crippen LogP contribution >= 0.6 is 0 Å². The number of sulfonamides is 2. The van der Waals surface area contributed by atoms with Crippen LogP contribution in [0.1, 0.15) is 61.8 Å². The summed E-state index contributed by atoms with van der Waals surface area (Å²) in [5.74, 6) is -1.14. The van der Waals surface area contributed by atoms with Gasteiger partial charge in [0.2, 0.25) is 10.0 Å². The van der Waals surface area contributed by atoms with Gasteiger partial charge >= 0.3 is 0 Å². The maximum Gasteiger partial charge on any atom is 0.261 e. The molecule has 1 aromatic heterocycles. The number of benzene rings is 2. The minimum Gasteiger partial charge on any atom is -0.490 e. The fourth-order valence-corrected chi connectivity index (χ4v) is 8.14. The van der Waals surface area contributed by atoms with E-state index < -0.39 is 49.8 Å². The van der Waals surface area contributed by atoms with Crippen molar-refractivity contribution in [3.63, 3.8) is 0 Å². The summed E-state index contributed by atoms with van der Waals surface area (Å²) in [4.78, 5) is 15.6. The zero-order valence-electron chi connectivity index (χ0n) is 28.5. The van der Waals surface area contributed by atoms with Crippen molar-refractivity contribution >= 4 is 31.6 Å². The van der Waals surface area contributed by atoms with E-state index in [0.29, 0.717) is 19.4 Å². The van der Waals surface area contributed by atoms with Crippen LogP contribution in [0.3, 0.4) is 0 Å². The average Bonchev–Trinajstić information content (AvgIpc) is 3.40. The van der Waals surface area contributed by atoms with Crippen LogP contribution in [-0.2, 0) is 24.8 Å². The van der Waals surface area contributed by atoms with E-state index in [2.05, 4.69) is 9.88 Å². The number of hydrogen-bond donors (Lipinski definition) is 2. The quantitative estimate of drug-likeness (QED) is 0.324. The molecule has 2 heterocycles. The Kier molecular flexibility index (Phi) is 12.5. The number of anilines is 1. The Morgan fingerprint density at radius 2 is 1.80 bits per heavy atom. The molecule has 13 nitrogen and oxygen atoms in total. The van der Waals surface area contributed by atoms with Crippen molar-refractivity contribution in [3.05, 3.63) is 65.3 Å². The van der Waals surface area contributed by atoms with Gasteiger partial charge < -0.3 is 24.0 Å². The number of fused-ring (bicyclic) bond motifs is 1. The molecule has 1 aliphatic rings. The second kappa shape index (κ2) is 16.0.